The van der Waals surface area contributed by atoms with Gasteiger partial charge in [0.2, 0.25) is 0 Å². The van der Waals surface area contributed by atoms with E-state index in [0.717, 1.165) is 23.6 Å². The summed E-state index contributed by atoms with van der Waals surface area (Å²) in [7, 11) is 5.84. The van der Waals surface area contributed by atoms with E-state index in [1.165, 1.54) is 4.90 Å². The lowest BCUT2D eigenvalue weighted by atomic mass is 9.95. The van der Waals surface area contributed by atoms with Crippen LogP contribution in [0.15, 0.2) is 35.5 Å². The Bertz CT molecular complexity index is 727. The molecule has 1 aromatic carbocycles. The number of benzene rings is 1. The highest BCUT2D eigenvalue weighted by Crippen LogP contribution is 2.35. The molecule has 0 saturated carbocycles. The van der Waals surface area contributed by atoms with Crippen molar-refractivity contribution in [1.29, 1.82) is 0 Å². The van der Waals surface area contributed by atoms with Gasteiger partial charge in [-0.1, -0.05) is 12.1 Å². The Labute approximate surface area is 154 Å². The van der Waals surface area contributed by atoms with E-state index in [1.807, 2.05) is 36.1 Å². The topological polar surface area (TPSA) is 66.3 Å². The van der Waals surface area contributed by atoms with Gasteiger partial charge in [-0.15, -0.1) is 0 Å². The molecule has 3 amide bonds. The quantitative estimate of drug-likeness (QED) is 0.753. The van der Waals surface area contributed by atoms with E-state index in [4.69, 9.17) is 4.74 Å². The molecule has 2 N–H and O–H groups in total. The van der Waals surface area contributed by atoms with E-state index in [9.17, 15) is 9.59 Å². The van der Waals surface area contributed by atoms with Gasteiger partial charge in [0.15, 0.2) is 0 Å². The van der Waals surface area contributed by atoms with Crippen LogP contribution in [0.5, 0.6) is 5.75 Å². The van der Waals surface area contributed by atoms with Crippen molar-refractivity contribution >= 4 is 11.9 Å². The number of rotatable bonds is 6. The summed E-state index contributed by atoms with van der Waals surface area (Å²) < 4.78 is 5.48. The zero-order valence-electron chi connectivity index (χ0n) is 15.8. The van der Waals surface area contributed by atoms with Crippen molar-refractivity contribution in [2.24, 2.45) is 0 Å². The second kappa shape index (κ2) is 7.37. The van der Waals surface area contributed by atoms with Crippen molar-refractivity contribution < 1.29 is 19.2 Å². The van der Waals surface area contributed by atoms with Crippen molar-refractivity contribution in [3.63, 3.8) is 0 Å². The van der Waals surface area contributed by atoms with Gasteiger partial charge in [0, 0.05) is 7.05 Å². The predicted octanol–water partition coefficient (Wildman–Crippen LogP) is 0.0222. The van der Waals surface area contributed by atoms with Crippen LogP contribution in [0.4, 0.5) is 4.79 Å². The number of carbonyl (C=O) groups is 2. The van der Waals surface area contributed by atoms with Crippen LogP contribution in [0, 0.1) is 0 Å². The van der Waals surface area contributed by atoms with Crippen LogP contribution in [0.3, 0.4) is 0 Å². The molecule has 0 unspecified atom stereocenters. The zero-order chi connectivity index (χ0) is 18.8. The fourth-order valence-electron chi connectivity index (χ4n) is 3.34. The third-order valence-electron chi connectivity index (χ3n) is 4.84. The van der Waals surface area contributed by atoms with E-state index >= 15 is 0 Å². The van der Waals surface area contributed by atoms with Crippen LogP contribution in [-0.4, -0.2) is 69.1 Å². The average Bonchev–Trinajstić information content (AvgIpc) is 2.94. The lowest BCUT2D eigenvalue weighted by Gasteiger charge is -2.31. The molecule has 3 rings (SSSR count). The van der Waals surface area contributed by atoms with Gasteiger partial charge < -0.3 is 19.9 Å². The molecule has 0 aliphatic carbocycles. The van der Waals surface area contributed by atoms with Gasteiger partial charge in [-0.25, -0.2) is 4.79 Å². The number of nitrogens with zero attached hydrogens (tertiary/aromatic N) is 2. The summed E-state index contributed by atoms with van der Waals surface area (Å²) >= 11 is 0. The summed E-state index contributed by atoms with van der Waals surface area (Å²) in [6.07, 6.45) is 0. The van der Waals surface area contributed by atoms with E-state index in [1.54, 1.807) is 11.9 Å². The zero-order valence-corrected chi connectivity index (χ0v) is 15.8. The lowest BCUT2D eigenvalue weighted by molar-refractivity contribution is -0.857. The Hall–Kier alpha value is -2.54. The molecule has 1 aromatic rings. The molecule has 2 aliphatic rings. The highest BCUT2D eigenvalue weighted by Gasteiger charge is 2.42. The summed E-state index contributed by atoms with van der Waals surface area (Å²) in [6.45, 7) is 4.56. The van der Waals surface area contributed by atoms with E-state index in [0.29, 0.717) is 25.3 Å². The first kappa shape index (κ1) is 18.3. The molecule has 2 heterocycles. The van der Waals surface area contributed by atoms with Gasteiger partial charge >= 0.3 is 6.03 Å². The third kappa shape index (κ3) is 3.39. The molecule has 2 aliphatic heterocycles. The maximum atomic E-state index is 13.0. The minimum absolute atomic E-state index is 0.00647. The standard InChI is InChI=1S/C19H26N4O3/c1-5-26-14-8-6-13(7-9-14)17-16-15(22(4)19(25)20-17)12-23(18(16)24)11-10-21(2)3/h6-9,17H,5,10-12H2,1-4H3,(H,20,25)/p+1/t17-/m1/s1. The Morgan fingerprint density at radius 1 is 1.23 bits per heavy atom. The Morgan fingerprint density at radius 3 is 2.54 bits per heavy atom. The Balaban J connectivity index is 1.88. The van der Waals surface area contributed by atoms with Gasteiger partial charge in [-0.3, -0.25) is 9.69 Å². The maximum absolute atomic E-state index is 13.0. The molecule has 7 heteroatoms. The highest BCUT2D eigenvalue weighted by molar-refractivity contribution is 6.01. The number of hydrogen-bond acceptors (Lipinski definition) is 3. The largest absolute Gasteiger partial charge is 0.494 e. The second-order valence-corrected chi connectivity index (χ2v) is 6.99. The second-order valence-electron chi connectivity index (χ2n) is 6.99. The highest BCUT2D eigenvalue weighted by atomic mass is 16.5. The first-order valence-electron chi connectivity index (χ1n) is 9.00. The summed E-state index contributed by atoms with van der Waals surface area (Å²) in [4.78, 5) is 30.1. The Morgan fingerprint density at radius 2 is 1.92 bits per heavy atom. The number of quaternary nitrogens is 1. The first-order valence-corrected chi connectivity index (χ1v) is 9.00. The van der Waals surface area contributed by atoms with Gasteiger partial charge in [0.05, 0.1) is 57.6 Å². The first-order chi connectivity index (χ1) is 12.4. The summed E-state index contributed by atoms with van der Waals surface area (Å²) in [6, 6.07) is 6.95. The van der Waals surface area contributed by atoms with Crippen LogP contribution in [-0.2, 0) is 4.79 Å². The monoisotopic (exact) mass is 359 g/mol. The maximum Gasteiger partial charge on any atom is 0.322 e. The van der Waals surface area contributed by atoms with Gasteiger partial charge in [-0.2, -0.15) is 0 Å². The molecule has 0 saturated heterocycles. The molecule has 26 heavy (non-hydrogen) atoms. The molecular formula is C19H27N4O3+. The van der Waals surface area contributed by atoms with Crippen molar-refractivity contribution in [2.75, 3.05) is 47.4 Å². The molecule has 0 fully saturated rings. The number of ether oxygens (including phenoxy) is 1. The summed E-state index contributed by atoms with van der Waals surface area (Å²) in [5, 5.41) is 2.96. The lowest BCUT2D eigenvalue weighted by Crippen LogP contribution is -3.06. The van der Waals surface area contributed by atoms with Crippen molar-refractivity contribution in [1.82, 2.24) is 15.1 Å². The predicted molar refractivity (Wildman–Crippen MR) is 97.9 cm³/mol. The number of hydrogen-bond donors (Lipinski definition) is 2. The van der Waals surface area contributed by atoms with E-state index < -0.39 is 6.04 Å². The van der Waals surface area contributed by atoms with E-state index in [-0.39, 0.29) is 11.9 Å². The van der Waals surface area contributed by atoms with Crippen LogP contribution in [0.1, 0.15) is 18.5 Å². The van der Waals surface area contributed by atoms with Crippen molar-refractivity contribution in [3.8, 4) is 5.75 Å². The number of likely N-dealkylation sites (N-methyl/N-ethyl adjacent to an activating group) is 2. The van der Waals surface area contributed by atoms with Gasteiger partial charge in [-0.05, 0) is 24.6 Å². The average molecular weight is 359 g/mol. The van der Waals surface area contributed by atoms with E-state index in [2.05, 4.69) is 19.4 Å². The number of carbonyl (C=O) groups excluding carboxylic acids is 2. The number of nitrogens with one attached hydrogen (secondary N) is 2. The normalized spacial score (nSPS) is 20.0. The van der Waals surface area contributed by atoms with Crippen LogP contribution < -0.4 is 15.0 Å². The molecule has 0 aromatic heterocycles. The fraction of sp³-hybridized carbons (Fsp3) is 0.474. The molecule has 0 radical (unpaired) electrons. The summed E-state index contributed by atoms with van der Waals surface area (Å²) in [5.74, 6) is 0.782. The van der Waals surface area contributed by atoms with Crippen molar-refractivity contribution in [2.45, 2.75) is 13.0 Å². The number of amides is 3. The minimum atomic E-state index is -0.423. The third-order valence-corrected chi connectivity index (χ3v) is 4.84. The Kier molecular flexibility index (Phi) is 5.18. The molecule has 140 valence electrons. The van der Waals surface area contributed by atoms with Gasteiger partial charge in [0.1, 0.15) is 5.75 Å². The molecule has 0 spiro atoms. The molecule has 0 bridgehead atoms. The number of urea groups is 1. The van der Waals surface area contributed by atoms with Gasteiger partial charge in [0.25, 0.3) is 5.91 Å². The SMILES string of the molecule is CCOc1ccc([C@H]2NC(=O)N(C)C3=C2C(=O)N(CC[NH+](C)C)C3)cc1. The molecular weight excluding hydrogens is 332 g/mol. The fourth-order valence-corrected chi connectivity index (χ4v) is 3.34. The molecule has 1 atom stereocenters. The van der Waals surface area contributed by atoms with Crippen molar-refractivity contribution in [3.05, 3.63) is 41.1 Å². The van der Waals surface area contributed by atoms with Crippen LogP contribution >= 0.6 is 0 Å². The van der Waals surface area contributed by atoms with Crippen LogP contribution in [0.25, 0.3) is 0 Å². The summed E-state index contributed by atoms with van der Waals surface area (Å²) in [5.41, 5.74) is 2.35. The van der Waals surface area contributed by atoms with Crippen LogP contribution in [0.2, 0.25) is 0 Å². The molecule has 7 nitrogen and oxygen atoms in total. The minimum Gasteiger partial charge on any atom is -0.494 e. The smallest absolute Gasteiger partial charge is 0.322 e.